The monoisotopic (exact) mass is 511 g/mol. The van der Waals surface area contributed by atoms with E-state index < -0.39 is 41.6 Å². The van der Waals surface area contributed by atoms with Gasteiger partial charge in [0.05, 0.1) is 17.4 Å². The van der Waals surface area contributed by atoms with Crippen molar-refractivity contribution < 1.29 is 28.6 Å². The Morgan fingerprint density at radius 1 is 0.895 bits per heavy atom. The molecule has 0 aromatic heterocycles. The molecule has 2 bridgehead atoms. The van der Waals surface area contributed by atoms with Gasteiger partial charge in [-0.05, 0) is 48.0 Å². The number of fused-ring (bicyclic) bond motifs is 2. The molecule has 6 atom stereocenters. The predicted molar refractivity (Wildman–Crippen MR) is 138 cm³/mol. The maximum Gasteiger partial charge on any atom is 0.338 e. The first kappa shape index (κ1) is 23.4. The van der Waals surface area contributed by atoms with Crippen LogP contribution in [0.1, 0.15) is 35.2 Å². The van der Waals surface area contributed by atoms with Crippen molar-refractivity contribution in [2.75, 3.05) is 13.1 Å². The summed E-state index contributed by atoms with van der Waals surface area (Å²) >= 11 is 0. The van der Waals surface area contributed by atoms with Gasteiger partial charge >= 0.3 is 17.9 Å². The first-order valence-corrected chi connectivity index (χ1v) is 13.4. The third-order valence-corrected chi connectivity index (χ3v) is 9.05. The van der Waals surface area contributed by atoms with E-state index in [1.54, 1.807) is 12.1 Å². The summed E-state index contributed by atoms with van der Waals surface area (Å²) in [6.45, 7) is 1.47. The van der Waals surface area contributed by atoms with Gasteiger partial charge in [-0.3, -0.25) is 9.59 Å². The number of nitrogens with one attached hydrogen (secondary N) is 1. The van der Waals surface area contributed by atoms with Crippen LogP contribution in [0.5, 0.6) is 0 Å². The molecule has 4 aliphatic rings. The highest BCUT2D eigenvalue weighted by molar-refractivity contribution is 5.95. The topological polar surface area (TPSA) is 90.9 Å². The van der Waals surface area contributed by atoms with Crippen molar-refractivity contribution in [3.63, 3.8) is 0 Å². The molecule has 2 saturated carbocycles. The molecule has 3 aromatic carbocycles. The van der Waals surface area contributed by atoms with Gasteiger partial charge in [0.25, 0.3) is 0 Å². The number of esters is 3. The van der Waals surface area contributed by atoms with Gasteiger partial charge in [-0.15, -0.1) is 0 Å². The fraction of sp³-hybridized carbons (Fsp3) is 0.387. The van der Waals surface area contributed by atoms with Crippen LogP contribution in [0.4, 0.5) is 0 Å². The molecule has 7 rings (SSSR count). The lowest BCUT2D eigenvalue weighted by Gasteiger charge is -2.39. The number of benzene rings is 3. The van der Waals surface area contributed by atoms with Crippen LogP contribution in [0, 0.1) is 23.7 Å². The largest absolute Gasteiger partial charge is 0.458 e. The van der Waals surface area contributed by atoms with Crippen LogP contribution in [0.15, 0.2) is 72.8 Å². The standard InChI is InChI=1S/C31H29NO6/c33-28(20-11-10-18-6-4-5-7-19(18)16-20)36-26-23-17-22-24(29(34)37-27(22)26)25(23)30(35)38-31(12-14-32-15-13-31)21-8-2-1-3-9-21/h1-11,16,22-27,32H,12-15,17H2. The van der Waals surface area contributed by atoms with Crippen LogP contribution in [0.2, 0.25) is 0 Å². The molecule has 2 aliphatic carbocycles. The third-order valence-electron chi connectivity index (χ3n) is 9.05. The van der Waals surface area contributed by atoms with Gasteiger partial charge in [0.2, 0.25) is 0 Å². The number of hydrogen-bond acceptors (Lipinski definition) is 7. The van der Waals surface area contributed by atoms with Crippen LogP contribution in [0.3, 0.4) is 0 Å². The van der Waals surface area contributed by atoms with E-state index in [2.05, 4.69) is 5.32 Å². The highest BCUT2D eigenvalue weighted by atomic mass is 16.6. The second-order valence-electron chi connectivity index (χ2n) is 11.0. The van der Waals surface area contributed by atoms with Gasteiger partial charge in [-0.25, -0.2) is 4.79 Å². The predicted octanol–water partition coefficient (Wildman–Crippen LogP) is 3.99. The number of rotatable bonds is 5. The Labute approximate surface area is 220 Å². The van der Waals surface area contributed by atoms with Gasteiger partial charge in [-0.1, -0.05) is 60.7 Å². The van der Waals surface area contributed by atoms with Crippen molar-refractivity contribution in [2.45, 2.75) is 37.1 Å². The summed E-state index contributed by atoms with van der Waals surface area (Å²) in [6, 6.07) is 23.1. The molecule has 0 spiro atoms. The summed E-state index contributed by atoms with van der Waals surface area (Å²) in [5.74, 6) is -2.92. The molecule has 2 saturated heterocycles. The molecule has 7 heteroatoms. The molecule has 3 aromatic rings. The van der Waals surface area contributed by atoms with Gasteiger partial charge in [0.15, 0.2) is 0 Å². The Hall–Kier alpha value is -3.71. The number of carbonyl (C=O) groups is 3. The summed E-state index contributed by atoms with van der Waals surface area (Å²) < 4.78 is 18.1. The molecule has 2 heterocycles. The Bertz CT molecular complexity index is 1410. The lowest BCUT2D eigenvalue weighted by molar-refractivity contribution is -0.175. The van der Waals surface area contributed by atoms with E-state index in [-0.39, 0.29) is 17.8 Å². The Morgan fingerprint density at radius 2 is 1.63 bits per heavy atom. The van der Waals surface area contributed by atoms with Gasteiger partial charge in [0, 0.05) is 24.7 Å². The summed E-state index contributed by atoms with van der Waals surface area (Å²) in [6.07, 6.45) is 0.743. The van der Waals surface area contributed by atoms with E-state index in [1.807, 2.05) is 60.7 Å². The highest BCUT2D eigenvalue weighted by Gasteiger charge is 2.70. The van der Waals surface area contributed by atoms with Crippen molar-refractivity contribution in [3.05, 3.63) is 83.9 Å². The highest BCUT2D eigenvalue weighted by Crippen LogP contribution is 2.59. The quantitative estimate of drug-likeness (QED) is 0.409. The van der Waals surface area contributed by atoms with Crippen LogP contribution in [0.25, 0.3) is 10.8 Å². The molecule has 2 aliphatic heterocycles. The normalized spacial score (nSPS) is 30.7. The molecule has 1 N–H and O–H groups in total. The average Bonchev–Trinajstić information content (AvgIpc) is 3.58. The zero-order valence-electron chi connectivity index (χ0n) is 20.9. The number of hydrogen-bond donors (Lipinski definition) is 1. The molecular weight excluding hydrogens is 482 g/mol. The first-order chi connectivity index (χ1) is 18.5. The smallest absolute Gasteiger partial charge is 0.338 e. The van der Waals surface area contributed by atoms with Crippen LogP contribution < -0.4 is 5.32 Å². The molecule has 6 unspecified atom stereocenters. The minimum absolute atomic E-state index is 0.139. The maximum atomic E-state index is 13.9. The summed E-state index contributed by atoms with van der Waals surface area (Å²) in [4.78, 5) is 40.0. The van der Waals surface area contributed by atoms with Crippen molar-refractivity contribution in [2.24, 2.45) is 23.7 Å². The molecule has 0 amide bonds. The average molecular weight is 512 g/mol. The number of piperidine rings is 1. The van der Waals surface area contributed by atoms with E-state index in [0.29, 0.717) is 24.8 Å². The second-order valence-corrected chi connectivity index (χ2v) is 11.0. The summed E-state index contributed by atoms with van der Waals surface area (Å²) in [5, 5.41) is 5.32. The van der Waals surface area contributed by atoms with Crippen molar-refractivity contribution in [1.29, 1.82) is 0 Å². The lowest BCUT2D eigenvalue weighted by Crippen LogP contribution is -2.48. The molecule has 7 nitrogen and oxygen atoms in total. The molecule has 194 valence electrons. The summed E-state index contributed by atoms with van der Waals surface area (Å²) in [7, 11) is 0. The van der Waals surface area contributed by atoms with Crippen LogP contribution in [-0.4, -0.2) is 43.2 Å². The maximum absolute atomic E-state index is 13.9. The number of carbonyl (C=O) groups excluding carboxylic acids is 3. The lowest BCUT2D eigenvalue weighted by atomic mass is 9.78. The summed E-state index contributed by atoms with van der Waals surface area (Å²) in [5.41, 5.74) is 0.651. The van der Waals surface area contributed by atoms with Crippen molar-refractivity contribution >= 4 is 28.7 Å². The molecule has 4 fully saturated rings. The molecular formula is C31H29NO6. The van der Waals surface area contributed by atoms with E-state index in [4.69, 9.17) is 14.2 Å². The Kier molecular flexibility index (Phi) is 5.51. The second kappa shape index (κ2) is 8.95. The zero-order chi connectivity index (χ0) is 25.9. The molecule has 0 radical (unpaired) electrons. The first-order valence-electron chi connectivity index (χ1n) is 13.4. The van der Waals surface area contributed by atoms with Crippen LogP contribution >= 0.6 is 0 Å². The zero-order valence-corrected chi connectivity index (χ0v) is 20.9. The SMILES string of the molecule is O=C(OC1C2CC3C1OC(=O)C3C2C(=O)OC1(c2ccccc2)CCNCC1)c1ccc2ccccc2c1. The minimum atomic E-state index is -0.745. The van der Waals surface area contributed by atoms with E-state index in [0.717, 1.165) is 29.4 Å². The van der Waals surface area contributed by atoms with Crippen LogP contribution in [-0.2, 0) is 29.4 Å². The van der Waals surface area contributed by atoms with Gasteiger partial charge < -0.3 is 19.5 Å². The van der Waals surface area contributed by atoms with Gasteiger partial charge in [-0.2, -0.15) is 0 Å². The fourth-order valence-electron chi connectivity index (χ4n) is 7.26. The molecule has 38 heavy (non-hydrogen) atoms. The number of ether oxygens (including phenoxy) is 3. The van der Waals surface area contributed by atoms with E-state index >= 15 is 0 Å². The van der Waals surface area contributed by atoms with Crippen molar-refractivity contribution in [1.82, 2.24) is 5.32 Å². The van der Waals surface area contributed by atoms with Crippen molar-refractivity contribution in [3.8, 4) is 0 Å². The van der Waals surface area contributed by atoms with E-state index in [1.165, 1.54) is 0 Å². The Morgan fingerprint density at radius 3 is 2.42 bits per heavy atom. The Balaban J connectivity index is 1.15. The fourth-order valence-corrected chi connectivity index (χ4v) is 7.26. The minimum Gasteiger partial charge on any atom is -0.458 e. The van der Waals surface area contributed by atoms with Gasteiger partial charge in [0.1, 0.15) is 17.8 Å². The van der Waals surface area contributed by atoms with E-state index in [9.17, 15) is 14.4 Å². The third kappa shape index (κ3) is 3.63.